The predicted octanol–water partition coefficient (Wildman–Crippen LogP) is 1.04. The van der Waals surface area contributed by atoms with Gasteiger partial charge in [-0.05, 0) is 43.5 Å². The molecule has 24 heavy (non-hydrogen) atoms. The van der Waals surface area contributed by atoms with Gasteiger partial charge in [0, 0.05) is 37.1 Å². The average molecular weight is 332 g/mol. The highest BCUT2D eigenvalue weighted by atomic mass is 16.5. The highest BCUT2D eigenvalue weighted by molar-refractivity contribution is 5.94. The Bertz CT molecular complexity index is 598. The molecule has 2 amide bonds. The van der Waals surface area contributed by atoms with E-state index in [2.05, 4.69) is 5.32 Å². The molecule has 0 bridgehead atoms. The first-order chi connectivity index (χ1) is 11.6. The number of benzene rings is 1. The molecule has 2 N–H and O–H groups in total. The van der Waals surface area contributed by atoms with Crippen LogP contribution < -0.4 is 10.1 Å². The maximum Gasteiger partial charge on any atom is 0.253 e. The van der Waals surface area contributed by atoms with Crippen LogP contribution >= 0.6 is 0 Å². The van der Waals surface area contributed by atoms with E-state index < -0.39 is 0 Å². The molecule has 6 heteroatoms. The summed E-state index contributed by atoms with van der Waals surface area (Å²) in [5.74, 6) is 0.835. The minimum Gasteiger partial charge on any atom is -0.497 e. The van der Waals surface area contributed by atoms with Crippen molar-refractivity contribution in [3.63, 3.8) is 0 Å². The predicted molar refractivity (Wildman–Crippen MR) is 88.7 cm³/mol. The van der Waals surface area contributed by atoms with E-state index in [0.29, 0.717) is 30.8 Å². The topological polar surface area (TPSA) is 78.9 Å². The van der Waals surface area contributed by atoms with E-state index in [1.165, 1.54) is 0 Å². The first-order valence-electron chi connectivity index (χ1n) is 8.47. The second kappa shape index (κ2) is 7.21. The van der Waals surface area contributed by atoms with Gasteiger partial charge in [0.15, 0.2) is 0 Å². The molecule has 1 heterocycles. The van der Waals surface area contributed by atoms with Crippen LogP contribution in [0.4, 0.5) is 0 Å². The molecule has 0 spiro atoms. The van der Waals surface area contributed by atoms with Gasteiger partial charge < -0.3 is 20.1 Å². The van der Waals surface area contributed by atoms with E-state index in [4.69, 9.17) is 4.74 Å². The van der Waals surface area contributed by atoms with Crippen LogP contribution in [0, 0.1) is 11.8 Å². The van der Waals surface area contributed by atoms with Gasteiger partial charge in [-0.25, -0.2) is 0 Å². The number of nitrogens with zero attached hydrogens (tertiary/aromatic N) is 1. The molecule has 1 aliphatic heterocycles. The fourth-order valence-electron chi connectivity index (χ4n) is 3.13. The monoisotopic (exact) mass is 332 g/mol. The zero-order chi connectivity index (χ0) is 17.1. The lowest BCUT2D eigenvalue weighted by Crippen LogP contribution is -2.55. The van der Waals surface area contributed by atoms with Gasteiger partial charge >= 0.3 is 0 Å². The van der Waals surface area contributed by atoms with E-state index in [1.807, 2.05) is 0 Å². The molecule has 2 atom stereocenters. The van der Waals surface area contributed by atoms with Gasteiger partial charge in [0.25, 0.3) is 5.91 Å². The summed E-state index contributed by atoms with van der Waals surface area (Å²) in [5.41, 5.74) is 0.602. The molecule has 0 radical (unpaired) electrons. The van der Waals surface area contributed by atoms with Gasteiger partial charge in [-0.3, -0.25) is 9.59 Å². The molecule has 2 fully saturated rings. The lowest BCUT2D eigenvalue weighted by molar-refractivity contribution is -0.123. The number of ether oxygens (including phenoxy) is 1. The molecular weight excluding hydrogens is 308 g/mol. The van der Waals surface area contributed by atoms with Crippen molar-refractivity contribution in [3.8, 4) is 5.75 Å². The number of methoxy groups -OCH3 is 1. The van der Waals surface area contributed by atoms with E-state index in [-0.39, 0.29) is 36.3 Å². The maximum absolute atomic E-state index is 12.7. The molecule has 1 saturated carbocycles. The zero-order valence-corrected chi connectivity index (χ0v) is 13.9. The zero-order valence-electron chi connectivity index (χ0n) is 13.9. The summed E-state index contributed by atoms with van der Waals surface area (Å²) < 4.78 is 5.11. The maximum atomic E-state index is 12.7. The van der Waals surface area contributed by atoms with Crippen molar-refractivity contribution in [2.75, 3.05) is 26.8 Å². The van der Waals surface area contributed by atoms with Crippen LogP contribution in [0.1, 0.15) is 29.6 Å². The molecule has 130 valence electrons. The molecule has 1 saturated heterocycles. The number of hydrogen-bond acceptors (Lipinski definition) is 4. The lowest BCUT2D eigenvalue weighted by atomic mass is 9.91. The number of rotatable bonds is 5. The standard InChI is InChI=1S/C18H24N2O4/c1-24-15-6-4-13(5-7-15)18(23)20-9-8-14(11-21)16(10-20)19-17(22)12-2-3-12/h4-7,12,14,16,21H,2-3,8-11H2,1H3,(H,19,22)/t14-,16-/m1/s1. The number of piperidine rings is 1. The Morgan fingerprint density at radius 3 is 2.54 bits per heavy atom. The Labute approximate surface area is 141 Å². The van der Waals surface area contributed by atoms with E-state index in [1.54, 1.807) is 36.3 Å². The molecule has 6 nitrogen and oxygen atoms in total. The fourth-order valence-corrected chi connectivity index (χ4v) is 3.13. The Kier molecular flexibility index (Phi) is 5.04. The Hall–Kier alpha value is -2.08. The molecule has 1 aromatic rings. The van der Waals surface area contributed by atoms with Gasteiger partial charge in [0.1, 0.15) is 5.75 Å². The van der Waals surface area contributed by atoms with Gasteiger partial charge in [0.2, 0.25) is 5.91 Å². The second-order valence-electron chi connectivity index (χ2n) is 6.60. The van der Waals surface area contributed by atoms with Crippen molar-refractivity contribution < 1.29 is 19.4 Å². The van der Waals surface area contributed by atoms with Crippen LogP contribution in [0.3, 0.4) is 0 Å². The first-order valence-corrected chi connectivity index (χ1v) is 8.47. The van der Waals surface area contributed by atoms with E-state index in [0.717, 1.165) is 12.8 Å². The van der Waals surface area contributed by atoms with Crippen molar-refractivity contribution in [3.05, 3.63) is 29.8 Å². The van der Waals surface area contributed by atoms with Gasteiger partial charge in [-0.15, -0.1) is 0 Å². The minimum atomic E-state index is -0.181. The van der Waals surface area contributed by atoms with Crippen molar-refractivity contribution in [2.45, 2.75) is 25.3 Å². The highest BCUT2D eigenvalue weighted by Gasteiger charge is 2.36. The highest BCUT2D eigenvalue weighted by Crippen LogP contribution is 2.30. The summed E-state index contributed by atoms with van der Waals surface area (Å²) in [6.45, 7) is 1.06. The quantitative estimate of drug-likeness (QED) is 0.845. The lowest BCUT2D eigenvalue weighted by Gasteiger charge is -2.38. The summed E-state index contributed by atoms with van der Waals surface area (Å²) in [6, 6.07) is 6.84. The molecule has 1 aromatic carbocycles. The first kappa shape index (κ1) is 16.8. The number of amides is 2. The van der Waals surface area contributed by atoms with Crippen LogP contribution in [0.15, 0.2) is 24.3 Å². The summed E-state index contributed by atoms with van der Waals surface area (Å²) in [6.07, 6.45) is 2.57. The number of carbonyl (C=O) groups excluding carboxylic acids is 2. The van der Waals surface area contributed by atoms with Crippen molar-refractivity contribution in [1.29, 1.82) is 0 Å². The van der Waals surface area contributed by atoms with Crippen molar-refractivity contribution in [2.24, 2.45) is 11.8 Å². The van der Waals surface area contributed by atoms with Gasteiger partial charge in [0.05, 0.1) is 13.2 Å². The summed E-state index contributed by atoms with van der Waals surface area (Å²) in [7, 11) is 1.59. The van der Waals surface area contributed by atoms with Crippen LogP contribution in [0.25, 0.3) is 0 Å². The SMILES string of the molecule is COc1ccc(C(=O)N2CC[C@H](CO)[C@H](NC(=O)C3CC3)C2)cc1. The smallest absolute Gasteiger partial charge is 0.253 e. The summed E-state index contributed by atoms with van der Waals surface area (Å²) >= 11 is 0. The summed E-state index contributed by atoms with van der Waals surface area (Å²) in [5, 5.41) is 12.6. The molecule has 1 aliphatic carbocycles. The minimum absolute atomic E-state index is 0.00705. The van der Waals surface area contributed by atoms with Crippen LogP contribution in [-0.2, 0) is 4.79 Å². The average Bonchev–Trinajstić information content (AvgIpc) is 3.46. The number of aliphatic hydroxyl groups excluding tert-OH is 1. The molecule has 0 aromatic heterocycles. The number of likely N-dealkylation sites (tertiary alicyclic amines) is 1. The third-order valence-electron chi connectivity index (χ3n) is 4.89. The van der Waals surface area contributed by atoms with Crippen molar-refractivity contribution in [1.82, 2.24) is 10.2 Å². The van der Waals surface area contributed by atoms with E-state index in [9.17, 15) is 14.7 Å². The van der Waals surface area contributed by atoms with Gasteiger partial charge in [-0.1, -0.05) is 0 Å². The normalized spacial score (nSPS) is 23.7. The number of carbonyl (C=O) groups is 2. The third kappa shape index (κ3) is 3.70. The van der Waals surface area contributed by atoms with E-state index >= 15 is 0 Å². The van der Waals surface area contributed by atoms with Crippen molar-refractivity contribution >= 4 is 11.8 Å². The molecule has 3 rings (SSSR count). The molecule has 0 unspecified atom stereocenters. The fraction of sp³-hybridized carbons (Fsp3) is 0.556. The Balaban J connectivity index is 1.66. The van der Waals surface area contributed by atoms with Crippen LogP contribution in [0.2, 0.25) is 0 Å². The van der Waals surface area contributed by atoms with Crippen LogP contribution in [0.5, 0.6) is 5.75 Å². The van der Waals surface area contributed by atoms with Gasteiger partial charge in [-0.2, -0.15) is 0 Å². The number of aliphatic hydroxyl groups is 1. The second-order valence-corrected chi connectivity index (χ2v) is 6.60. The Morgan fingerprint density at radius 1 is 1.25 bits per heavy atom. The largest absolute Gasteiger partial charge is 0.497 e. The Morgan fingerprint density at radius 2 is 1.96 bits per heavy atom. The number of nitrogens with one attached hydrogen (secondary N) is 1. The number of hydrogen-bond donors (Lipinski definition) is 2. The van der Waals surface area contributed by atoms with Crippen LogP contribution in [-0.4, -0.2) is 54.7 Å². The molecule has 2 aliphatic rings. The third-order valence-corrected chi connectivity index (χ3v) is 4.89. The molecular formula is C18H24N2O4. The summed E-state index contributed by atoms with van der Waals surface area (Å²) in [4.78, 5) is 26.5.